The van der Waals surface area contributed by atoms with Crippen LogP contribution < -0.4 is 5.32 Å². The van der Waals surface area contributed by atoms with Crippen LogP contribution in [0.4, 0.5) is 4.79 Å². The smallest absolute Gasteiger partial charge is 0.407 e. The van der Waals surface area contributed by atoms with E-state index < -0.39 is 6.09 Å². The van der Waals surface area contributed by atoms with Crippen LogP contribution in [0.2, 0.25) is 0 Å². The van der Waals surface area contributed by atoms with Gasteiger partial charge in [0.1, 0.15) is 6.61 Å². The number of alkyl carbamates (subject to hydrolysis) is 1. The Morgan fingerprint density at radius 1 is 1.67 bits per heavy atom. The third-order valence-electron chi connectivity index (χ3n) is 1.06. The minimum atomic E-state index is -0.554. The number of aliphatic hydroxyl groups is 1. The number of nitrogens with zero attached hydrogens (tertiary/aromatic N) is 1. The standard InChI is InChI=1S/C7H12N2O3/c8-3-1-2-4-9-7(11)12-6-5-10/h10H,1-2,4-6H2,(H,9,11). The van der Waals surface area contributed by atoms with Crippen LogP contribution in [0.15, 0.2) is 0 Å². The first-order chi connectivity index (χ1) is 5.81. The van der Waals surface area contributed by atoms with Crippen LogP contribution in [-0.4, -0.2) is 31.0 Å². The van der Waals surface area contributed by atoms with E-state index in [2.05, 4.69) is 10.1 Å². The van der Waals surface area contributed by atoms with E-state index >= 15 is 0 Å². The van der Waals surface area contributed by atoms with Gasteiger partial charge in [-0.15, -0.1) is 0 Å². The highest BCUT2D eigenvalue weighted by atomic mass is 16.6. The molecule has 0 unspecified atom stereocenters. The van der Waals surface area contributed by atoms with Crippen molar-refractivity contribution in [2.24, 2.45) is 0 Å². The van der Waals surface area contributed by atoms with Crippen molar-refractivity contribution in [3.8, 4) is 6.07 Å². The molecule has 0 saturated heterocycles. The minimum Gasteiger partial charge on any atom is -0.447 e. The molecule has 0 aromatic heterocycles. The molecule has 0 fully saturated rings. The fraction of sp³-hybridized carbons (Fsp3) is 0.714. The van der Waals surface area contributed by atoms with Crippen LogP contribution in [-0.2, 0) is 4.74 Å². The number of hydrogen-bond acceptors (Lipinski definition) is 4. The van der Waals surface area contributed by atoms with E-state index in [-0.39, 0.29) is 13.2 Å². The maximum atomic E-state index is 10.6. The predicted octanol–water partition coefficient (Wildman–Crippen LogP) is 0.00868. The topological polar surface area (TPSA) is 82.4 Å². The SMILES string of the molecule is N#CCCCNC(=O)OCCO. The normalized spacial score (nSPS) is 8.67. The Bertz CT molecular complexity index is 165. The van der Waals surface area contributed by atoms with Crippen LogP contribution in [0.3, 0.4) is 0 Å². The Hall–Kier alpha value is -1.28. The number of carbonyl (C=O) groups is 1. The average molecular weight is 172 g/mol. The predicted molar refractivity (Wildman–Crippen MR) is 41.3 cm³/mol. The van der Waals surface area contributed by atoms with Crippen molar-refractivity contribution in [2.75, 3.05) is 19.8 Å². The number of carbonyl (C=O) groups excluding carboxylic acids is 1. The van der Waals surface area contributed by atoms with E-state index in [4.69, 9.17) is 10.4 Å². The van der Waals surface area contributed by atoms with E-state index in [0.29, 0.717) is 19.4 Å². The zero-order valence-electron chi connectivity index (χ0n) is 6.75. The molecule has 0 rings (SSSR count). The van der Waals surface area contributed by atoms with E-state index in [9.17, 15) is 4.79 Å². The molecule has 5 nitrogen and oxygen atoms in total. The van der Waals surface area contributed by atoms with E-state index in [0.717, 1.165) is 0 Å². The first-order valence-corrected chi connectivity index (χ1v) is 3.69. The maximum Gasteiger partial charge on any atom is 0.407 e. The van der Waals surface area contributed by atoms with Crippen molar-refractivity contribution in [1.82, 2.24) is 5.32 Å². The molecule has 0 aromatic carbocycles. The fourth-order valence-corrected chi connectivity index (χ4v) is 0.547. The van der Waals surface area contributed by atoms with E-state index in [1.807, 2.05) is 6.07 Å². The van der Waals surface area contributed by atoms with Gasteiger partial charge in [-0.2, -0.15) is 5.26 Å². The summed E-state index contributed by atoms with van der Waals surface area (Å²) in [4.78, 5) is 10.6. The van der Waals surface area contributed by atoms with Crippen molar-refractivity contribution < 1.29 is 14.6 Å². The lowest BCUT2D eigenvalue weighted by Gasteiger charge is -2.03. The van der Waals surface area contributed by atoms with Gasteiger partial charge in [-0.25, -0.2) is 4.79 Å². The van der Waals surface area contributed by atoms with E-state index in [1.54, 1.807) is 0 Å². The Labute approximate surface area is 70.9 Å². The highest BCUT2D eigenvalue weighted by Gasteiger charge is 1.98. The quantitative estimate of drug-likeness (QED) is 0.572. The molecule has 0 aliphatic heterocycles. The van der Waals surface area contributed by atoms with Crippen molar-refractivity contribution in [3.63, 3.8) is 0 Å². The molecular formula is C7H12N2O3. The molecule has 0 saturated carbocycles. The molecule has 1 amide bonds. The average Bonchev–Trinajstić information content (AvgIpc) is 2.09. The molecule has 0 aromatic rings. The summed E-state index contributed by atoms with van der Waals surface area (Å²) >= 11 is 0. The molecule has 0 bridgehead atoms. The summed E-state index contributed by atoms with van der Waals surface area (Å²) < 4.78 is 4.49. The Kier molecular flexibility index (Phi) is 6.99. The van der Waals surface area contributed by atoms with Gasteiger partial charge >= 0.3 is 6.09 Å². The maximum absolute atomic E-state index is 10.6. The molecule has 12 heavy (non-hydrogen) atoms. The Balaban J connectivity index is 3.15. The summed E-state index contributed by atoms with van der Waals surface area (Å²) in [6, 6.07) is 1.95. The number of nitriles is 1. The molecule has 0 atom stereocenters. The van der Waals surface area contributed by atoms with Crippen LogP contribution >= 0.6 is 0 Å². The summed E-state index contributed by atoms with van der Waals surface area (Å²) in [6.45, 7) is 0.257. The Morgan fingerprint density at radius 3 is 3.00 bits per heavy atom. The zero-order valence-corrected chi connectivity index (χ0v) is 6.75. The van der Waals surface area contributed by atoms with Crippen LogP contribution in [0.1, 0.15) is 12.8 Å². The van der Waals surface area contributed by atoms with E-state index in [1.165, 1.54) is 0 Å². The second-order valence-corrected chi connectivity index (χ2v) is 2.05. The number of aliphatic hydroxyl groups excluding tert-OH is 1. The lowest BCUT2D eigenvalue weighted by molar-refractivity contribution is 0.119. The second kappa shape index (κ2) is 7.82. The van der Waals surface area contributed by atoms with Gasteiger partial charge in [0.2, 0.25) is 0 Å². The molecule has 68 valence electrons. The largest absolute Gasteiger partial charge is 0.447 e. The first kappa shape index (κ1) is 10.7. The summed E-state index contributed by atoms with van der Waals surface area (Å²) in [5.74, 6) is 0. The molecule has 5 heteroatoms. The molecule has 0 aliphatic rings. The highest BCUT2D eigenvalue weighted by Crippen LogP contribution is 1.84. The minimum absolute atomic E-state index is 0.00405. The number of amides is 1. The number of rotatable bonds is 5. The van der Waals surface area contributed by atoms with Gasteiger partial charge in [0, 0.05) is 13.0 Å². The molecule has 0 spiro atoms. The molecule has 0 radical (unpaired) electrons. The first-order valence-electron chi connectivity index (χ1n) is 3.69. The fourth-order valence-electron chi connectivity index (χ4n) is 0.547. The van der Waals surface area contributed by atoms with Gasteiger partial charge in [0.05, 0.1) is 12.7 Å². The summed E-state index contributed by atoms with van der Waals surface area (Å²) in [5, 5.41) is 18.9. The van der Waals surface area contributed by atoms with Crippen molar-refractivity contribution in [2.45, 2.75) is 12.8 Å². The summed E-state index contributed by atoms with van der Waals surface area (Å²) in [6.07, 6.45) is 0.479. The lowest BCUT2D eigenvalue weighted by Crippen LogP contribution is -2.26. The van der Waals surface area contributed by atoms with Crippen LogP contribution in [0.5, 0.6) is 0 Å². The van der Waals surface area contributed by atoms with Gasteiger partial charge in [-0.05, 0) is 6.42 Å². The van der Waals surface area contributed by atoms with Gasteiger partial charge < -0.3 is 15.2 Å². The second-order valence-electron chi connectivity index (χ2n) is 2.05. The highest BCUT2D eigenvalue weighted by molar-refractivity contribution is 5.66. The third kappa shape index (κ3) is 6.83. The monoisotopic (exact) mass is 172 g/mol. The Morgan fingerprint density at radius 2 is 2.42 bits per heavy atom. The molecular weight excluding hydrogens is 160 g/mol. The van der Waals surface area contributed by atoms with Crippen molar-refractivity contribution in [3.05, 3.63) is 0 Å². The van der Waals surface area contributed by atoms with Crippen LogP contribution in [0.25, 0.3) is 0 Å². The van der Waals surface area contributed by atoms with Gasteiger partial charge in [0.25, 0.3) is 0 Å². The lowest BCUT2D eigenvalue weighted by atomic mass is 10.3. The third-order valence-corrected chi connectivity index (χ3v) is 1.06. The molecule has 0 aliphatic carbocycles. The van der Waals surface area contributed by atoms with Gasteiger partial charge in [-0.1, -0.05) is 0 Å². The zero-order chi connectivity index (χ0) is 9.23. The number of hydrogen-bond donors (Lipinski definition) is 2. The molecule has 0 heterocycles. The molecule has 2 N–H and O–H groups in total. The summed E-state index contributed by atoms with van der Waals surface area (Å²) in [5.41, 5.74) is 0. The number of ether oxygens (including phenoxy) is 1. The number of unbranched alkanes of at least 4 members (excludes halogenated alkanes) is 1. The van der Waals surface area contributed by atoms with Crippen molar-refractivity contribution in [1.29, 1.82) is 5.26 Å². The number of nitrogens with one attached hydrogen (secondary N) is 1. The van der Waals surface area contributed by atoms with Crippen molar-refractivity contribution >= 4 is 6.09 Å². The summed E-state index contributed by atoms with van der Waals surface area (Å²) in [7, 11) is 0. The van der Waals surface area contributed by atoms with Crippen LogP contribution in [0, 0.1) is 11.3 Å². The van der Waals surface area contributed by atoms with Gasteiger partial charge in [-0.3, -0.25) is 0 Å². The van der Waals surface area contributed by atoms with Gasteiger partial charge in [0.15, 0.2) is 0 Å².